The number of aryl methyl sites for hydroxylation is 1. The Morgan fingerprint density at radius 1 is 0.704 bits per heavy atom. The van der Waals surface area contributed by atoms with Crippen LogP contribution in [-0.2, 0) is 9.47 Å². The van der Waals surface area contributed by atoms with Crippen molar-refractivity contribution >= 4 is 11.9 Å². The number of carbonyl (C=O) groups is 2. The van der Waals surface area contributed by atoms with Crippen molar-refractivity contribution in [3.63, 3.8) is 0 Å². The molecule has 4 rings (SSSR count). The number of hydrogen-bond donors (Lipinski definition) is 0. The zero-order valence-corrected chi connectivity index (χ0v) is 15.5. The first kappa shape index (κ1) is 17.8. The molecule has 2 aromatic rings. The molecule has 0 heterocycles. The second-order valence-electron chi connectivity index (χ2n) is 7.75. The van der Waals surface area contributed by atoms with Crippen molar-refractivity contribution in [1.82, 2.24) is 0 Å². The van der Waals surface area contributed by atoms with Crippen LogP contribution >= 0.6 is 0 Å². The molecule has 140 valence electrons. The Kier molecular flexibility index (Phi) is 4.97. The van der Waals surface area contributed by atoms with E-state index >= 15 is 0 Å². The van der Waals surface area contributed by atoms with E-state index in [9.17, 15) is 9.59 Å². The van der Waals surface area contributed by atoms with Gasteiger partial charge in [-0.1, -0.05) is 35.9 Å². The molecule has 27 heavy (non-hydrogen) atoms. The first-order valence-corrected chi connectivity index (χ1v) is 9.62. The molecule has 2 saturated carbocycles. The zero-order chi connectivity index (χ0) is 18.8. The van der Waals surface area contributed by atoms with Gasteiger partial charge in [0.1, 0.15) is 12.2 Å². The average Bonchev–Trinajstić information content (AvgIpc) is 3.20. The van der Waals surface area contributed by atoms with Gasteiger partial charge in [0, 0.05) is 0 Å². The summed E-state index contributed by atoms with van der Waals surface area (Å²) < 4.78 is 11.4. The fourth-order valence-electron chi connectivity index (χ4n) is 4.40. The molecule has 2 aromatic carbocycles. The maximum absolute atomic E-state index is 12.3. The molecule has 2 atom stereocenters. The summed E-state index contributed by atoms with van der Waals surface area (Å²) in [5.74, 6) is 0.443. The number of ether oxygens (including phenoxy) is 2. The van der Waals surface area contributed by atoms with Gasteiger partial charge in [-0.25, -0.2) is 9.59 Å². The van der Waals surface area contributed by atoms with Crippen LogP contribution in [0.2, 0.25) is 0 Å². The van der Waals surface area contributed by atoms with E-state index in [0.717, 1.165) is 31.2 Å². The minimum absolute atomic E-state index is 0.0264. The summed E-state index contributed by atoms with van der Waals surface area (Å²) in [6.07, 6.45) is 3.40. The second kappa shape index (κ2) is 7.55. The molecule has 0 aliphatic heterocycles. The molecule has 2 aliphatic rings. The molecule has 0 saturated heterocycles. The maximum Gasteiger partial charge on any atom is 0.338 e. The molecule has 2 unspecified atom stereocenters. The minimum Gasteiger partial charge on any atom is -0.459 e. The fourth-order valence-corrected chi connectivity index (χ4v) is 4.40. The van der Waals surface area contributed by atoms with Gasteiger partial charge < -0.3 is 9.47 Å². The van der Waals surface area contributed by atoms with Crippen molar-refractivity contribution in [2.24, 2.45) is 11.8 Å². The molecule has 0 radical (unpaired) electrons. The summed E-state index contributed by atoms with van der Waals surface area (Å²) in [6.45, 7) is 1.99. The monoisotopic (exact) mass is 364 g/mol. The van der Waals surface area contributed by atoms with Crippen LogP contribution in [0.3, 0.4) is 0 Å². The lowest BCUT2D eigenvalue weighted by Gasteiger charge is -2.16. The summed E-state index contributed by atoms with van der Waals surface area (Å²) in [4.78, 5) is 24.5. The van der Waals surface area contributed by atoms with E-state index in [2.05, 4.69) is 0 Å². The van der Waals surface area contributed by atoms with Crippen LogP contribution in [0, 0.1) is 18.8 Å². The van der Waals surface area contributed by atoms with Gasteiger partial charge in [-0.15, -0.1) is 0 Å². The standard InChI is InChI=1S/C23H24O4/c1-15-7-9-17(10-8-15)23(25)27-21-13-18-11-20(12-19(18)14-21)26-22(24)16-5-3-2-4-6-16/h2-10,18-21H,11-14H2,1H3. The van der Waals surface area contributed by atoms with E-state index in [1.54, 1.807) is 12.1 Å². The van der Waals surface area contributed by atoms with Gasteiger partial charge in [-0.05, 0) is 68.7 Å². The highest BCUT2D eigenvalue weighted by atomic mass is 16.5. The SMILES string of the molecule is Cc1ccc(C(=O)OC2CC3CC(OC(=O)c4ccccc4)CC3C2)cc1. The van der Waals surface area contributed by atoms with E-state index in [0.29, 0.717) is 23.0 Å². The van der Waals surface area contributed by atoms with Crippen LogP contribution in [0.4, 0.5) is 0 Å². The minimum atomic E-state index is -0.247. The lowest BCUT2D eigenvalue weighted by atomic mass is 10.0. The highest BCUT2D eigenvalue weighted by molar-refractivity contribution is 5.90. The Labute approximate surface area is 159 Å². The quantitative estimate of drug-likeness (QED) is 0.746. The topological polar surface area (TPSA) is 52.6 Å². The smallest absolute Gasteiger partial charge is 0.338 e. The Hall–Kier alpha value is -2.62. The molecular weight excluding hydrogens is 340 g/mol. The predicted molar refractivity (Wildman–Crippen MR) is 101 cm³/mol. The third kappa shape index (κ3) is 4.05. The Bertz CT molecular complexity index is 798. The van der Waals surface area contributed by atoms with Crippen LogP contribution in [0.15, 0.2) is 54.6 Å². The van der Waals surface area contributed by atoms with Crippen molar-refractivity contribution in [2.45, 2.75) is 44.8 Å². The third-order valence-electron chi connectivity index (χ3n) is 5.77. The van der Waals surface area contributed by atoms with Crippen molar-refractivity contribution in [3.8, 4) is 0 Å². The van der Waals surface area contributed by atoms with Crippen molar-refractivity contribution in [2.75, 3.05) is 0 Å². The van der Waals surface area contributed by atoms with Crippen molar-refractivity contribution in [1.29, 1.82) is 0 Å². The Morgan fingerprint density at radius 2 is 1.15 bits per heavy atom. The molecule has 0 spiro atoms. The van der Waals surface area contributed by atoms with Crippen LogP contribution in [0.5, 0.6) is 0 Å². The number of fused-ring (bicyclic) bond motifs is 1. The number of esters is 2. The summed E-state index contributed by atoms with van der Waals surface area (Å²) in [5, 5.41) is 0. The first-order chi connectivity index (χ1) is 13.1. The molecule has 0 amide bonds. The second-order valence-corrected chi connectivity index (χ2v) is 7.75. The third-order valence-corrected chi connectivity index (χ3v) is 5.77. The van der Waals surface area contributed by atoms with E-state index in [4.69, 9.17) is 9.47 Å². The van der Waals surface area contributed by atoms with Gasteiger partial charge in [0.2, 0.25) is 0 Å². The number of carbonyl (C=O) groups excluding carboxylic acids is 2. The normalized spacial score (nSPS) is 26.4. The van der Waals surface area contributed by atoms with E-state index in [-0.39, 0.29) is 24.1 Å². The largest absolute Gasteiger partial charge is 0.459 e. The molecule has 0 bridgehead atoms. The van der Waals surface area contributed by atoms with Crippen LogP contribution in [0.1, 0.15) is 52.0 Å². The molecule has 0 N–H and O–H groups in total. The Balaban J connectivity index is 1.27. The van der Waals surface area contributed by atoms with E-state index < -0.39 is 0 Å². The van der Waals surface area contributed by atoms with Crippen LogP contribution in [-0.4, -0.2) is 24.1 Å². The van der Waals surface area contributed by atoms with Gasteiger partial charge in [-0.2, -0.15) is 0 Å². The zero-order valence-electron chi connectivity index (χ0n) is 15.5. The van der Waals surface area contributed by atoms with Crippen molar-refractivity contribution < 1.29 is 19.1 Å². The summed E-state index contributed by atoms with van der Waals surface area (Å²) in [7, 11) is 0. The van der Waals surface area contributed by atoms with Gasteiger partial charge in [0.25, 0.3) is 0 Å². The van der Waals surface area contributed by atoms with Crippen LogP contribution < -0.4 is 0 Å². The molecule has 2 fully saturated rings. The first-order valence-electron chi connectivity index (χ1n) is 9.62. The molecule has 4 nitrogen and oxygen atoms in total. The van der Waals surface area contributed by atoms with Gasteiger partial charge in [-0.3, -0.25) is 0 Å². The van der Waals surface area contributed by atoms with Gasteiger partial charge in [0.05, 0.1) is 11.1 Å². The summed E-state index contributed by atoms with van der Waals surface area (Å²) >= 11 is 0. The maximum atomic E-state index is 12.3. The van der Waals surface area contributed by atoms with Gasteiger partial charge >= 0.3 is 11.9 Å². The fraction of sp³-hybridized carbons (Fsp3) is 0.391. The van der Waals surface area contributed by atoms with Gasteiger partial charge in [0.15, 0.2) is 0 Å². The van der Waals surface area contributed by atoms with E-state index in [1.807, 2.05) is 49.4 Å². The molecular formula is C23H24O4. The average molecular weight is 364 g/mol. The predicted octanol–water partition coefficient (Wildman–Crippen LogP) is 4.57. The highest BCUT2D eigenvalue weighted by Crippen LogP contribution is 2.46. The molecule has 0 aromatic heterocycles. The highest BCUT2D eigenvalue weighted by Gasteiger charge is 2.44. The number of hydrogen-bond acceptors (Lipinski definition) is 4. The van der Waals surface area contributed by atoms with Crippen LogP contribution in [0.25, 0.3) is 0 Å². The number of benzene rings is 2. The molecule has 2 aliphatic carbocycles. The summed E-state index contributed by atoms with van der Waals surface area (Å²) in [6, 6.07) is 16.6. The lowest BCUT2D eigenvalue weighted by Crippen LogP contribution is -2.19. The van der Waals surface area contributed by atoms with E-state index in [1.165, 1.54) is 0 Å². The number of rotatable bonds is 4. The molecule has 4 heteroatoms. The van der Waals surface area contributed by atoms with Crippen molar-refractivity contribution in [3.05, 3.63) is 71.3 Å². The Morgan fingerprint density at radius 3 is 1.63 bits per heavy atom. The lowest BCUT2D eigenvalue weighted by molar-refractivity contribution is 0.0226. The summed E-state index contributed by atoms with van der Waals surface area (Å²) in [5.41, 5.74) is 2.32.